The van der Waals surface area contributed by atoms with Crippen molar-refractivity contribution >= 4 is 0 Å². The maximum atomic E-state index is 5.24. The van der Waals surface area contributed by atoms with Gasteiger partial charge in [-0.15, -0.1) is 0 Å². The molecule has 2 unspecified atom stereocenters. The Hall–Kier alpha value is -1.13. The van der Waals surface area contributed by atoms with Gasteiger partial charge in [0.25, 0.3) is 0 Å². The normalized spacial score (nSPS) is 23.5. The van der Waals surface area contributed by atoms with Crippen LogP contribution < -0.4 is 10.1 Å². The zero-order valence-electron chi connectivity index (χ0n) is 13.8. The molecule has 2 rings (SSSR count). The van der Waals surface area contributed by atoms with Crippen molar-refractivity contribution < 1.29 is 4.74 Å². The standard InChI is InChI=1S/C17H29N3O/c1-5-7-14-11-20(16(10-18-14)13(2)3)12-15-8-6-9-17(19-15)21-4/h6,8-9,13-14,16,18H,5,7,10-12H2,1-4H3. The average Bonchev–Trinajstić information content (AvgIpc) is 2.48. The Balaban J connectivity index is 2.07. The second-order valence-electron chi connectivity index (χ2n) is 6.31. The van der Waals surface area contributed by atoms with Gasteiger partial charge in [-0.25, -0.2) is 4.98 Å². The molecule has 0 saturated carbocycles. The Morgan fingerprint density at radius 3 is 2.90 bits per heavy atom. The van der Waals surface area contributed by atoms with Crippen molar-refractivity contribution in [2.45, 2.75) is 52.2 Å². The number of rotatable bonds is 6. The van der Waals surface area contributed by atoms with Crippen molar-refractivity contribution in [2.24, 2.45) is 5.92 Å². The maximum Gasteiger partial charge on any atom is 0.213 e. The third-order valence-corrected chi connectivity index (χ3v) is 4.30. The number of ether oxygens (including phenoxy) is 1. The molecule has 0 bridgehead atoms. The Kier molecular flexibility index (Phi) is 6.00. The SMILES string of the molecule is CCCC1CN(Cc2cccc(OC)n2)C(C(C)C)CN1. The van der Waals surface area contributed by atoms with E-state index in [1.54, 1.807) is 7.11 Å². The van der Waals surface area contributed by atoms with E-state index in [-0.39, 0.29) is 0 Å². The largest absolute Gasteiger partial charge is 0.481 e. The van der Waals surface area contributed by atoms with Crippen LogP contribution in [0.2, 0.25) is 0 Å². The van der Waals surface area contributed by atoms with Gasteiger partial charge in [0.1, 0.15) is 0 Å². The summed E-state index contributed by atoms with van der Waals surface area (Å²) in [6.45, 7) is 9.95. The van der Waals surface area contributed by atoms with Gasteiger partial charge in [-0.2, -0.15) is 0 Å². The monoisotopic (exact) mass is 291 g/mol. The lowest BCUT2D eigenvalue weighted by molar-refractivity contribution is 0.0871. The predicted octanol–water partition coefficient (Wildman–Crippen LogP) is 2.69. The molecule has 1 fully saturated rings. The minimum Gasteiger partial charge on any atom is -0.481 e. The molecule has 2 atom stereocenters. The predicted molar refractivity (Wildman–Crippen MR) is 86.5 cm³/mol. The van der Waals surface area contributed by atoms with Crippen LogP contribution in [-0.4, -0.2) is 42.2 Å². The molecule has 0 radical (unpaired) electrons. The fraction of sp³-hybridized carbons (Fsp3) is 0.706. The Labute approximate surface area is 128 Å². The summed E-state index contributed by atoms with van der Waals surface area (Å²) in [6, 6.07) is 7.21. The first-order valence-electron chi connectivity index (χ1n) is 8.11. The molecular weight excluding hydrogens is 262 g/mol. The molecule has 0 aromatic carbocycles. The van der Waals surface area contributed by atoms with Crippen molar-refractivity contribution in [3.8, 4) is 5.88 Å². The molecule has 0 spiro atoms. The number of piperazine rings is 1. The second kappa shape index (κ2) is 7.76. The summed E-state index contributed by atoms with van der Waals surface area (Å²) in [5.41, 5.74) is 1.09. The van der Waals surface area contributed by atoms with Crippen molar-refractivity contribution in [2.75, 3.05) is 20.2 Å². The van der Waals surface area contributed by atoms with E-state index in [1.165, 1.54) is 12.8 Å². The van der Waals surface area contributed by atoms with E-state index in [9.17, 15) is 0 Å². The van der Waals surface area contributed by atoms with Gasteiger partial charge in [-0.05, 0) is 18.4 Å². The maximum absolute atomic E-state index is 5.24. The molecule has 4 nitrogen and oxygen atoms in total. The lowest BCUT2D eigenvalue weighted by Crippen LogP contribution is -2.57. The summed E-state index contributed by atoms with van der Waals surface area (Å²) in [7, 11) is 1.67. The molecule has 1 saturated heterocycles. The van der Waals surface area contributed by atoms with Gasteiger partial charge in [0.05, 0.1) is 12.8 Å². The zero-order chi connectivity index (χ0) is 15.2. The van der Waals surface area contributed by atoms with Gasteiger partial charge in [-0.3, -0.25) is 4.90 Å². The molecule has 2 heterocycles. The lowest BCUT2D eigenvalue weighted by Gasteiger charge is -2.42. The summed E-state index contributed by atoms with van der Waals surface area (Å²) in [4.78, 5) is 7.15. The van der Waals surface area contributed by atoms with Crippen LogP contribution in [0.25, 0.3) is 0 Å². The van der Waals surface area contributed by atoms with Crippen LogP contribution in [0.1, 0.15) is 39.3 Å². The Morgan fingerprint density at radius 2 is 2.24 bits per heavy atom. The highest BCUT2D eigenvalue weighted by Crippen LogP contribution is 2.20. The van der Waals surface area contributed by atoms with Crippen LogP contribution in [0.4, 0.5) is 0 Å². The van der Waals surface area contributed by atoms with Gasteiger partial charge in [0.2, 0.25) is 5.88 Å². The minimum absolute atomic E-state index is 0.575. The van der Waals surface area contributed by atoms with Crippen LogP contribution in [0, 0.1) is 5.92 Å². The highest BCUT2D eigenvalue weighted by atomic mass is 16.5. The third-order valence-electron chi connectivity index (χ3n) is 4.30. The van der Waals surface area contributed by atoms with Crippen LogP contribution in [0.3, 0.4) is 0 Å². The number of hydrogen-bond acceptors (Lipinski definition) is 4. The molecule has 1 aliphatic heterocycles. The van der Waals surface area contributed by atoms with Gasteiger partial charge in [0, 0.05) is 37.8 Å². The number of methoxy groups -OCH3 is 1. The number of aromatic nitrogens is 1. The quantitative estimate of drug-likeness (QED) is 0.874. The van der Waals surface area contributed by atoms with E-state index in [0.29, 0.717) is 23.9 Å². The Bertz CT molecular complexity index is 436. The first kappa shape index (κ1) is 16.2. The molecule has 4 heteroatoms. The summed E-state index contributed by atoms with van der Waals surface area (Å²) in [6.07, 6.45) is 2.47. The van der Waals surface area contributed by atoms with E-state index in [4.69, 9.17) is 4.74 Å². The van der Waals surface area contributed by atoms with Crippen molar-refractivity contribution in [1.29, 1.82) is 0 Å². The highest BCUT2D eigenvalue weighted by Gasteiger charge is 2.29. The smallest absolute Gasteiger partial charge is 0.213 e. The van der Waals surface area contributed by atoms with Crippen molar-refractivity contribution in [3.63, 3.8) is 0 Å². The third kappa shape index (κ3) is 4.42. The van der Waals surface area contributed by atoms with Crippen LogP contribution in [-0.2, 0) is 6.54 Å². The van der Waals surface area contributed by atoms with Crippen LogP contribution in [0.15, 0.2) is 18.2 Å². The van der Waals surface area contributed by atoms with E-state index in [1.807, 2.05) is 12.1 Å². The molecule has 1 aliphatic rings. The number of nitrogens with zero attached hydrogens (tertiary/aromatic N) is 2. The molecule has 1 aromatic heterocycles. The van der Waals surface area contributed by atoms with Crippen molar-refractivity contribution in [3.05, 3.63) is 23.9 Å². The van der Waals surface area contributed by atoms with Gasteiger partial charge < -0.3 is 10.1 Å². The van der Waals surface area contributed by atoms with Gasteiger partial charge >= 0.3 is 0 Å². The van der Waals surface area contributed by atoms with E-state index in [0.717, 1.165) is 25.3 Å². The molecule has 118 valence electrons. The van der Waals surface area contributed by atoms with Crippen LogP contribution >= 0.6 is 0 Å². The fourth-order valence-electron chi connectivity index (χ4n) is 3.15. The summed E-state index contributed by atoms with van der Waals surface area (Å²) in [5.74, 6) is 1.35. The zero-order valence-corrected chi connectivity index (χ0v) is 13.8. The number of pyridine rings is 1. The summed E-state index contributed by atoms with van der Waals surface area (Å²) >= 11 is 0. The molecular formula is C17H29N3O. The van der Waals surface area contributed by atoms with Gasteiger partial charge in [-0.1, -0.05) is 33.3 Å². The molecule has 0 aliphatic carbocycles. The summed E-state index contributed by atoms with van der Waals surface area (Å²) < 4.78 is 5.24. The molecule has 0 amide bonds. The highest BCUT2D eigenvalue weighted by molar-refractivity contribution is 5.15. The fourth-order valence-corrected chi connectivity index (χ4v) is 3.15. The minimum atomic E-state index is 0.575. The van der Waals surface area contributed by atoms with E-state index < -0.39 is 0 Å². The first-order valence-corrected chi connectivity index (χ1v) is 8.11. The molecule has 21 heavy (non-hydrogen) atoms. The molecule has 1 N–H and O–H groups in total. The lowest BCUT2D eigenvalue weighted by atomic mass is 9.97. The van der Waals surface area contributed by atoms with Crippen molar-refractivity contribution in [1.82, 2.24) is 15.2 Å². The topological polar surface area (TPSA) is 37.4 Å². The summed E-state index contributed by atoms with van der Waals surface area (Å²) in [5, 5.41) is 3.70. The van der Waals surface area contributed by atoms with Gasteiger partial charge in [0.15, 0.2) is 0 Å². The first-order chi connectivity index (χ1) is 10.1. The number of nitrogens with one attached hydrogen (secondary N) is 1. The number of hydrogen-bond donors (Lipinski definition) is 1. The molecule has 1 aromatic rings. The second-order valence-corrected chi connectivity index (χ2v) is 6.31. The van der Waals surface area contributed by atoms with E-state index >= 15 is 0 Å². The van der Waals surface area contributed by atoms with Crippen LogP contribution in [0.5, 0.6) is 5.88 Å². The average molecular weight is 291 g/mol. The van der Waals surface area contributed by atoms with E-state index in [2.05, 4.69) is 42.0 Å². The Morgan fingerprint density at radius 1 is 1.43 bits per heavy atom.